The quantitative estimate of drug-likeness (QED) is 0.834. The maximum atomic E-state index is 12.7. The van der Waals surface area contributed by atoms with Crippen LogP contribution in [0.5, 0.6) is 0 Å². The van der Waals surface area contributed by atoms with Gasteiger partial charge in [0, 0.05) is 32.6 Å². The van der Waals surface area contributed by atoms with Gasteiger partial charge >= 0.3 is 0 Å². The van der Waals surface area contributed by atoms with E-state index in [9.17, 15) is 9.90 Å². The first-order valence-electron chi connectivity index (χ1n) is 9.06. The molecular weight excluding hydrogens is 292 g/mol. The summed E-state index contributed by atoms with van der Waals surface area (Å²) >= 11 is 0. The molecule has 3 atom stereocenters. The molecule has 0 radical (unpaired) electrons. The molecule has 0 spiro atoms. The summed E-state index contributed by atoms with van der Waals surface area (Å²) in [6.45, 7) is 13.8. The fraction of sp³-hybridized carbons (Fsp3) is 0.944. The number of amides is 1. The molecule has 2 heterocycles. The van der Waals surface area contributed by atoms with Crippen molar-refractivity contribution in [1.82, 2.24) is 9.80 Å². The van der Waals surface area contributed by atoms with Gasteiger partial charge in [-0.2, -0.15) is 0 Å². The van der Waals surface area contributed by atoms with Crippen LogP contribution in [0.25, 0.3) is 0 Å². The van der Waals surface area contributed by atoms with Crippen LogP contribution in [0.15, 0.2) is 0 Å². The van der Waals surface area contributed by atoms with Gasteiger partial charge in [-0.05, 0) is 17.3 Å². The normalized spacial score (nSPS) is 30.0. The Balaban J connectivity index is 2.06. The second kappa shape index (κ2) is 7.95. The SMILES string of the molecule is CC[C@@H]1CN(C(=O)CC(C)(C)C)[C@H](CO)[C@@H]1CN1CCOCC1. The van der Waals surface area contributed by atoms with Gasteiger partial charge in [-0.3, -0.25) is 9.69 Å². The van der Waals surface area contributed by atoms with Crippen molar-refractivity contribution in [2.75, 3.05) is 46.0 Å². The molecule has 0 aromatic heterocycles. The molecule has 2 aliphatic rings. The van der Waals surface area contributed by atoms with Gasteiger partial charge in [0.25, 0.3) is 0 Å². The molecule has 2 saturated heterocycles. The third kappa shape index (κ3) is 4.91. The van der Waals surface area contributed by atoms with E-state index in [1.54, 1.807) is 0 Å². The lowest BCUT2D eigenvalue weighted by molar-refractivity contribution is -0.135. The number of aliphatic hydroxyl groups excluding tert-OH is 1. The first-order valence-corrected chi connectivity index (χ1v) is 9.06. The Kier molecular flexibility index (Phi) is 6.46. The van der Waals surface area contributed by atoms with Crippen molar-refractivity contribution in [3.05, 3.63) is 0 Å². The number of rotatable bonds is 5. The van der Waals surface area contributed by atoms with E-state index < -0.39 is 0 Å². The molecule has 0 bridgehead atoms. The highest BCUT2D eigenvalue weighted by Crippen LogP contribution is 2.34. The monoisotopic (exact) mass is 326 g/mol. The molecule has 0 aliphatic carbocycles. The minimum atomic E-state index is -0.0300. The van der Waals surface area contributed by atoms with Gasteiger partial charge in [0.1, 0.15) is 0 Å². The molecule has 0 aromatic rings. The van der Waals surface area contributed by atoms with Crippen LogP contribution in [-0.4, -0.2) is 72.9 Å². The van der Waals surface area contributed by atoms with Gasteiger partial charge in [0.05, 0.1) is 25.9 Å². The van der Waals surface area contributed by atoms with Crippen LogP contribution in [0.4, 0.5) is 0 Å². The van der Waals surface area contributed by atoms with E-state index >= 15 is 0 Å². The Hall–Kier alpha value is -0.650. The summed E-state index contributed by atoms with van der Waals surface area (Å²) in [6.07, 6.45) is 1.61. The topological polar surface area (TPSA) is 53.0 Å². The molecule has 134 valence electrons. The van der Waals surface area contributed by atoms with Gasteiger partial charge in [0.15, 0.2) is 0 Å². The van der Waals surface area contributed by atoms with Gasteiger partial charge in [-0.25, -0.2) is 0 Å². The highest BCUT2D eigenvalue weighted by Gasteiger charge is 2.43. The van der Waals surface area contributed by atoms with E-state index in [1.807, 2.05) is 4.90 Å². The van der Waals surface area contributed by atoms with Gasteiger partial charge in [-0.1, -0.05) is 34.1 Å². The van der Waals surface area contributed by atoms with Crippen molar-refractivity contribution in [3.63, 3.8) is 0 Å². The Morgan fingerprint density at radius 1 is 1.26 bits per heavy atom. The zero-order valence-corrected chi connectivity index (χ0v) is 15.3. The minimum absolute atomic E-state index is 0.0128. The number of likely N-dealkylation sites (tertiary alicyclic amines) is 1. The van der Waals surface area contributed by atoms with E-state index in [0.29, 0.717) is 18.3 Å². The van der Waals surface area contributed by atoms with Gasteiger partial charge in [-0.15, -0.1) is 0 Å². The second-order valence-electron chi connectivity index (χ2n) is 8.28. The fourth-order valence-corrected chi connectivity index (χ4v) is 3.93. The van der Waals surface area contributed by atoms with E-state index in [-0.39, 0.29) is 24.0 Å². The van der Waals surface area contributed by atoms with E-state index in [0.717, 1.165) is 45.8 Å². The lowest BCUT2D eigenvalue weighted by Gasteiger charge is -2.34. The predicted molar refractivity (Wildman–Crippen MR) is 91.2 cm³/mol. The average Bonchev–Trinajstić information content (AvgIpc) is 2.84. The number of aliphatic hydroxyl groups is 1. The van der Waals surface area contributed by atoms with Crippen molar-refractivity contribution in [2.24, 2.45) is 17.3 Å². The molecule has 23 heavy (non-hydrogen) atoms. The molecule has 2 fully saturated rings. The Labute approximate surface area is 141 Å². The van der Waals surface area contributed by atoms with Crippen molar-refractivity contribution >= 4 is 5.91 Å². The molecule has 2 rings (SSSR count). The number of hydrogen-bond acceptors (Lipinski definition) is 4. The highest BCUT2D eigenvalue weighted by molar-refractivity contribution is 5.77. The molecule has 0 unspecified atom stereocenters. The fourth-order valence-electron chi connectivity index (χ4n) is 3.93. The molecule has 0 aromatic carbocycles. The molecule has 2 aliphatic heterocycles. The van der Waals surface area contributed by atoms with Crippen LogP contribution in [-0.2, 0) is 9.53 Å². The molecule has 0 saturated carbocycles. The first-order chi connectivity index (χ1) is 10.9. The third-order valence-corrected chi connectivity index (χ3v) is 5.22. The zero-order valence-electron chi connectivity index (χ0n) is 15.3. The van der Waals surface area contributed by atoms with Crippen LogP contribution in [0, 0.1) is 17.3 Å². The maximum Gasteiger partial charge on any atom is 0.223 e. The van der Waals surface area contributed by atoms with Crippen LogP contribution in [0.3, 0.4) is 0 Å². The molecule has 5 nitrogen and oxygen atoms in total. The van der Waals surface area contributed by atoms with Crippen LogP contribution >= 0.6 is 0 Å². The zero-order chi connectivity index (χ0) is 17.0. The summed E-state index contributed by atoms with van der Waals surface area (Å²) in [5.74, 6) is 1.05. The predicted octanol–water partition coefficient (Wildman–Crippen LogP) is 1.60. The van der Waals surface area contributed by atoms with Crippen LogP contribution in [0.2, 0.25) is 0 Å². The summed E-state index contributed by atoms with van der Waals surface area (Å²) < 4.78 is 5.43. The standard InChI is InChI=1S/C18H34N2O3/c1-5-14-11-20(17(22)10-18(2,3)4)16(13-21)15(14)12-19-6-8-23-9-7-19/h14-16,21H,5-13H2,1-4H3/t14-,15-,16-/m1/s1. The minimum Gasteiger partial charge on any atom is -0.394 e. The lowest BCUT2D eigenvalue weighted by Crippen LogP contribution is -2.46. The average molecular weight is 326 g/mol. The largest absolute Gasteiger partial charge is 0.394 e. The highest BCUT2D eigenvalue weighted by atomic mass is 16.5. The summed E-state index contributed by atoms with van der Waals surface area (Å²) in [4.78, 5) is 17.1. The third-order valence-electron chi connectivity index (χ3n) is 5.22. The Bertz CT molecular complexity index is 388. The van der Waals surface area contributed by atoms with Crippen molar-refractivity contribution < 1.29 is 14.6 Å². The number of carbonyl (C=O) groups is 1. The Morgan fingerprint density at radius 2 is 1.91 bits per heavy atom. The number of morpholine rings is 1. The molecular formula is C18H34N2O3. The summed E-state index contributed by atoms with van der Waals surface area (Å²) in [5.41, 5.74) is -0.0128. The van der Waals surface area contributed by atoms with E-state index in [2.05, 4.69) is 32.6 Å². The van der Waals surface area contributed by atoms with Crippen LogP contribution < -0.4 is 0 Å². The van der Waals surface area contributed by atoms with Crippen molar-refractivity contribution in [3.8, 4) is 0 Å². The molecule has 5 heteroatoms. The van der Waals surface area contributed by atoms with E-state index in [1.165, 1.54) is 0 Å². The summed E-state index contributed by atoms with van der Waals surface area (Å²) in [7, 11) is 0. The first kappa shape index (κ1) is 18.7. The second-order valence-corrected chi connectivity index (χ2v) is 8.28. The maximum absolute atomic E-state index is 12.7. The van der Waals surface area contributed by atoms with E-state index in [4.69, 9.17) is 4.74 Å². The summed E-state index contributed by atoms with van der Waals surface area (Å²) in [5, 5.41) is 9.96. The Morgan fingerprint density at radius 3 is 2.43 bits per heavy atom. The van der Waals surface area contributed by atoms with Crippen molar-refractivity contribution in [1.29, 1.82) is 0 Å². The summed E-state index contributed by atoms with van der Waals surface area (Å²) in [6, 6.07) is -0.0300. The van der Waals surface area contributed by atoms with Gasteiger partial charge < -0.3 is 14.7 Å². The number of ether oxygens (including phenoxy) is 1. The number of nitrogens with zero attached hydrogens (tertiary/aromatic N) is 2. The lowest BCUT2D eigenvalue weighted by atomic mass is 9.88. The van der Waals surface area contributed by atoms with Gasteiger partial charge in [0.2, 0.25) is 5.91 Å². The smallest absolute Gasteiger partial charge is 0.223 e. The molecule has 1 amide bonds. The molecule has 1 N–H and O–H groups in total. The number of carbonyl (C=O) groups excluding carboxylic acids is 1. The number of hydrogen-bond donors (Lipinski definition) is 1. The van der Waals surface area contributed by atoms with Crippen LogP contribution in [0.1, 0.15) is 40.5 Å². The van der Waals surface area contributed by atoms with Crippen molar-refractivity contribution in [2.45, 2.75) is 46.6 Å².